The van der Waals surface area contributed by atoms with E-state index in [0.717, 1.165) is 25.9 Å². The molecule has 0 saturated carbocycles. The molecular weight excluding hydrogens is 248 g/mol. The fraction of sp³-hybridized carbons (Fsp3) is 0.875. The van der Waals surface area contributed by atoms with E-state index in [-0.39, 0.29) is 0 Å². The number of aromatic nitrogens is 3. The lowest BCUT2D eigenvalue weighted by Crippen LogP contribution is -2.43. The second-order valence-electron chi connectivity index (χ2n) is 5.96. The Balaban J connectivity index is 3.05. The van der Waals surface area contributed by atoms with Crippen molar-refractivity contribution >= 4 is 0 Å². The Morgan fingerprint density at radius 1 is 1.10 bits per heavy atom. The Labute approximate surface area is 124 Å². The first-order valence-electron chi connectivity index (χ1n) is 8.38. The molecule has 0 aliphatic rings. The quantitative estimate of drug-likeness (QED) is 0.669. The number of unbranched alkanes of at least 4 members (excludes halogenated alkanes) is 2. The number of rotatable bonds is 10. The molecule has 0 unspecified atom stereocenters. The van der Waals surface area contributed by atoms with Gasteiger partial charge in [0.15, 0.2) is 0 Å². The Morgan fingerprint density at radius 3 is 2.30 bits per heavy atom. The van der Waals surface area contributed by atoms with Crippen LogP contribution in [0.3, 0.4) is 0 Å². The first-order valence-corrected chi connectivity index (χ1v) is 8.38. The highest BCUT2D eigenvalue weighted by Gasteiger charge is 2.25. The highest BCUT2D eigenvalue weighted by Crippen LogP contribution is 2.07. The summed E-state index contributed by atoms with van der Waals surface area (Å²) < 4.78 is 4.49. The van der Waals surface area contributed by atoms with E-state index < -0.39 is 0 Å². The van der Waals surface area contributed by atoms with Gasteiger partial charge in [-0.25, -0.2) is 0 Å². The molecule has 1 rings (SSSR count). The number of aryl methyl sites for hydroxylation is 1. The van der Waals surface area contributed by atoms with E-state index in [4.69, 9.17) is 5.10 Å². The van der Waals surface area contributed by atoms with Crippen molar-refractivity contribution in [1.29, 1.82) is 0 Å². The van der Waals surface area contributed by atoms with Crippen LogP contribution < -0.4 is 10.1 Å². The average molecular weight is 281 g/mol. The zero-order chi connectivity index (χ0) is 15.0. The Hall–Kier alpha value is -1.06. The van der Waals surface area contributed by atoms with E-state index in [2.05, 4.69) is 49.4 Å². The summed E-state index contributed by atoms with van der Waals surface area (Å²) in [6.07, 6.45) is 7.04. The molecule has 116 valence electrons. The van der Waals surface area contributed by atoms with E-state index >= 15 is 0 Å². The summed E-state index contributed by atoms with van der Waals surface area (Å²) in [6, 6.07) is 0. The van der Waals surface area contributed by atoms with Crippen LogP contribution in [0.2, 0.25) is 0 Å². The molecule has 0 spiro atoms. The average Bonchev–Trinajstić information content (AvgIpc) is 2.71. The molecule has 0 aliphatic heterocycles. The van der Waals surface area contributed by atoms with Crippen molar-refractivity contribution in [3.05, 3.63) is 11.6 Å². The molecule has 0 saturated heterocycles. The molecule has 4 heteroatoms. The van der Waals surface area contributed by atoms with Gasteiger partial charge in [-0.2, -0.15) is 0 Å². The molecule has 1 aromatic heterocycles. The van der Waals surface area contributed by atoms with Crippen LogP contribution in [0.15, 0.2) is 0 Å². The van der Waals surface area contributed by atoms with Gasteiger partial charge in [-0.15, -0.1) is 9.36 Å². The number of nitrogens with one attached hydrogen (secondary N) is 1. The van der Waals surface area contributed by atoms with Crippen molar-refractivity contribution in [3.63, 3.8) is 0 Å². The molecule has 0 bridgehead atoms. The van der Waals surface area contributed by atoms with Crippen molar-refractivity contribution in [1.82, 2.24) is 9.77 Å². The number of nitrogens with zero attached hydrogens (tertiary/aromatic N) is 3. The first-order chi connectivity index (χ1) is 9.63. The van der Waals surface area contributed by atoms with Gasteiger partial charge in [0, 0.05) is 13.0 Å². The second kappa shape index (κ2) is 8.98. The maximum atomic E-state index is 4.88. The summed E-state index contributed by atoms with van der Waals surface area (Å²) >= 11 is 0. The van der Waals surface area contributed by atoms with Crippen molar-refractivity contribution in [3.8, 4) is 0 Å². The van der Waals surface area contributed by atoms with Gasteiger partial charge in [-0.3, -0.25) is 5.43 Å². The highest BCUT2D eigenvalue weighted by molar-refractivity contribution is 4.95. The zero-order valence-electron chi connectivity index (χ0n) is 14.1. The zero-order valence-corrected chi connectivity index (χ0v) is 14.1. The monoisotopic (exact) mass is 281 g/mol. The molecule has 1 aromatic rings. The van der Waals surface area contributed by atoms with Gasteiger partial charge in [0.05, 0.1) is 6.42 Å². The predicted octanol–water partition coefficient (Wildman–Crippen LogP) is 3.08. The van der Waals surface area contributed by atoms with Crippen LogP contribution in [0.25, 0.3) is 0 Å². The Morgan fingerprint density at radius 2 is 1.75 bits per heavy atom. The smallest absolute Gasteiger partial charge is 0.255 e. The molecule has 4 nitrogen and oxygen atoms in total. The standard InChI is InChI=1S/C16H33N4/c1-6-9-11-15-18-19(13-14(4)5)16(12-10-7-2)20(15)17-8-3/h14,17H,6-13H2,1-5H3/q+1. The van der Waals surface area contributed by atoms with Gasteiger partial charge in [-0.1, -0.05) is 40.5 Å². The van der Waals surface area contributed by atoms with Crippen LogP contribution in [0.1, 0.15) is 72.0 Å². The lowest BCUT2D eigenvalue weighted by molar-refractivity contribution is -0.763. The van der Waals surface area contributed by atoms with Gasteiger partial charge >= 0.3 is 5.82 Å². The molecular formula is C16H33N4+. The van der Waals surface area contributed by atoms with Gasteiger partial charge in [-0.05, 0) is 30.8 Å². The van der Waals surface area contributed by atoms with Gasteiger partial charge < -0.3 is 0 Å². The predicted molar refractivity (Wildman–Crippen MR) is 84.4 cm³/mol. The lowest BCUT2D eigenvalue weighted by Gasteiger charge is -2.05. The van der Waals surface area contributed by atoms with Crippen molar-refractivity contribution in [2.75, 3.05) is 12.0 Å². The van der Waals surface area contributed by atoms with Crippen LogP contribution in [-0.2, 0) is 19.4 Å². The summed E-state index contributed by atoms with van der Waals surface area (Å²) in [4.78, 5) is 0. The third-order valence-electron chi connectivity index (χ3n) is 3.41. The van der Waals surface area contributed by atoms with Crippen molar-refractivity contribution in [2.45, 2.75) is 79.7 Å². The minimum absolute atomic E-state index is 0.629. The molecule has 0 radical (unpaired) electrons. The normalized spacial score (nSPS) is 11.3. The third kappa shape index (κ3) is 4.80. The topological polar surface area (TPSA) is 33.7 Å². The first kappa shape index (κ1) is 17.0. The van der Waals surface area contributed by atoms with Crippen LogP contribution in [0.4, 0.5) is 0 Å². The summed E-state index contributed by atoms with van der Waals surface area (Å²) in [7, 11) is 0. The van der Waals surface area contributed by atoms with Gasteiger partial charge in [0.2, 0.25) is 0 Å². The molecule has 20 heavy (non-hydrogen) atoms. The largest absolute Gasteiger partial charge is 0.302 e. The molecule has 0 aliphatic carbocycles. The maximum absolute atomic E-state index is 4.88. The van der Waals surface area contributed by atoms with Crippen LogP contribution in [-0.4, -0.2) is 16.3 Å². The lowest BCUT2D eigenvalue weighted by atomic mass is 10.2. The molecule has 0 amide bonds. The molecule has 1 N–H and O–H groups in total. The van der Waals surface area contributed by atoms with E-state index in [9.17, 15) is 0 Å². The third-order valence-corrected chi connectivity index (χ3v) is 3.41. The van der Waals surface area contributed by atoms with E-state index in [0.29, 0.717) is 5.92 Å². The van der Waals surface area contributed by atoms with E-state index in [1.54, 1.807) is 0 Å². The van der Waals surface area contributed by atoms with Gasteiger partial charge in [0.1, 0.15) is 6.54 Å². The fourth-order valence-corrected chi connectivity index (χ4v) is 2.41. The fourth-order valence-electron chi connectivity index (χ4n) is 2.41. The molecule has 0 aromatic carbocycles. The summed E-state index contributed by atoms with van der Waals surface area (Å²) in [5, 5.41) is 4.88. The maximum Gasteiger partial charge on any atom is 0.302 e. The highest BCUT2D eigenvalue weighted by atomic mass is 15.5. The number of hydrogen-bond acceptors (Lipinski definition) is 2. The van der Waals surface area contributed by atoms with Crippen molar-refractivity contribution < 1.29 is 4.68 Å². The number of hydrogen-bond donors (Lipinski definition) is 1. The van der Waals surface area contributed by atoms with Crippen molar-refractivity contribution in [2.24, 2.45) is 5.92 Å². The van der Waals surface area contributed by atoms with E-state index in [1.807, 2.05) is 0 Å². The van der Waals surface area contributed by atoms with Crippen LogP contribution in [0.5, 0.6) is 0 Å². The van der Waals surface area contributed by atoms with Gasteiger partial charge in [0.25, 0.3) is 5.82 Å². The summed E-state index contributed by atoms with van der Waals surface area (Å²) in [5.74, 6) is 3.17. The summed E-state index contributed by atoms with van der Waals surface area (Å²) in [5.41, 5.74) is 3.49. The minimum Gasteiger partial charge on any atom is -0.255 e. The van der Waals surface area contributed by atoms with Crippen LogP contribution in [0, 0.1) is 5.92 Å². The summed E-state index contributed by atoms with van der Waals surface area (Å²) in [6.45, 7) is 13.1. The van der Waals surface area contributed by atoms with Crippen LogP contribution >= 0.6 is 0 Å². The van der Waals surface area contributed by atoms with E-state index in [1.165, 1.54) is 37.3 Å². The Bertz CT molecular complexity index is 382. The molecule has 0 atom stereocenters. The minimum atomic E-state index is 0.629. The Kier molecular flexibility index (Phi) is 7.63. The SMILES string of the molecule is CCCCc1n[n+](CC(C)C)c(CCCC)n1NCC. The molecule has 0 fully saturated rings. The molecule has 1 heterocycles. The second-order valence-corrected chi connectivity index (χ2v) is 5.96.